The van der Waals surface area contributed by atoms with Crippen LogP contribution in [-0.4, -0.2) is 29.8 Å². The van der Waals surface area contributed by atoms with Crippen LogP contribution >= 0.6 is 11.3 Å². The molecule has 0 bridgehead atoms. The van der Waals surface area contributed by atoms with Crippen LogP contribution in [0.4, 0.5) is 13.2 Å². The van der Waals surface area contributed by atoms with Crippen molar-refractivity contribution in [3.8, 4) is 0 Å². The van der Waals surface area contributed by atoms with Gasteiger partial charge in [-0.3, -0.25) is 9.59 Å². The number of halogens is 3. The Kier molecular flexibility index (Phi) is 6.07. The first-order valence-electron chi connectivity index (χ1n) is 9.06. The first-order valence-corrected chi connectivity index (χ1v) is 9.94. The zero-order valence-corrected chi connectivity index (χ0v) is 16.1. The summed E-state index contributed by atoms with van der Waals surface area (Å²) >= 11 is 1.36. The van der Waals surface area contributed by atoms with Crippen LogP contribution in [0.15, 0.2) is 41.8 Å². The van der Waals surface area contributed by atoms with Gasteiger partial charge in [-0.25, -0.2) is 0 Å². The number of carbonyl (C=O) groups excluding carboxylic acids is 2. The van der Waals surface area contributed by atoms with E-state index in [1.54, 1.807) is 24.0 Å². The summed E-state index contributed by atoms with van der Waals surface area (Å²) < 4.78 is 38.7. The summed E-state index contributed by atoms with van der Waals surface area (Å²) in [6.07, 6.45) is -3.06. The van der Waals surface area contributed by atoms with E-state index in [2.05, 4.69) is 5.32 Å². The van der Waals surface area contributed by atoms with E-state index in [9.17, 15) is 22.8 Å². The average Bonchev–Trinajstić information content (AvgIpc) is 3.21. The van der Waals surface area contributed by atoms with Crippen LogP contribution in [0.2, 0.25) is 0 Å². The van der Waals surface area contributed by atoms with Crippen molar-refractivity contribution in [3.63, 3.8) is 0 Å². The molecule has 150 valence electrons. The maximum absolute atomic E-state index is 12.9. The Morgan fingerprint density at radius 3 is 2.71 bits per heavy atom. The van der Waals surface area contributed by atoms with E-state index in [0.717, 1.165) is 12.1 Å². The third-order valence-electron chi connectivity index (χ3n) is 4.88. The highest BCUT2D eigenvalue weighted by Crippen LogP contribution is 2.31. The van der Waals surface area contributed by atoms with Gasteiger partial charge in [-0.15, -0.1) is 11.3 Å². The number of hydrogen-bond acceptors (Lipinski definition) is 3. The third-order valence-corrected chi connectivity index (χ3v) is 5.74. The minimum absolute atomic E-state index is 0.0848. The molecule has 2 amide bonds. The van der Waals surface area contributed by atoms with E-state index in [1.165, 1.54) is 17.4 Å². The lowest BCUT2D eigenvalue weighted by atomic mass is 9.96. The van der Waals surface area contributed by atoms with Gasteiger partial charge >= 0.3 is 6.18 Å². The maximum Gasteiger partial charge on any atom is 0.416 e. The topological polar surface area (TPSA) is 49.4 Å². The van der Waals surface area contributed by atoms with Crippen molar-refractivity contribution < 1.29 is 22.8 Å². The zero-order valence-electron chi connectivity index (χ0n) is 15.3. The predicted octanol–water partition coefficient (Wildman–Crippen LogP) is 4.50. The molecule has 1 aromatic carbocycles. The predicted molar refractivity (Wildman–Crippen MR) is 101 cm³/mol. The maximum atomic E-state index is 12.9. The minimum atomic E-state index is -4.42. The smallest absolute Gasteiger partial charge is 0.349 e. The molecule has 0 radical (unpaired) electrons. The second-order valence-electron chi connectivity index (χ2n) is 6.92. The molecule has 0 saturated carbocycles. The van der Waals surface area contributed by atoms with E-state index >= 15 is 0 Å². The molecule has 8 heteroatoms. The number of thiophene rings is 1. The lowest BCUT2D eigenvalue weighted by molar-refractivity contribution is -0.137. The SMILES string of the molecule is C[C@@H](NC(=O)[C@@H]1CCCN(C(=O)c2cccs2)C1)c1cccc(C(F)(F)F)c1. The summed E-state index contributed by atoms with van der Waals surface area (Å²) in [6, 6.07) is 7.97. The highest BCUT2D eigenvalue weighted by atomic mass is 32.1. The summed E-state index contributed by atoms with van der Waals surface area (Å²) in [6.45, 7) is 2.58. The van der Waals surface area contributed by atoms with Gasteiger partial charge in [0.15, 0.2) is 0 Å². The summed E-state index contributed by atoms with van der Waals surface area (Å²) in [5, 5.41) is 4.63. The van der Waals surface area contributed by atoms with Crippen LogP contribution in [0.1, 0.15) is 46.6 Å². The molecule has 0 spiro atoms. The summed E-state index contributed by atoms with van der Waals surface area (Å²) in [5.41, 5.74) is -0.345. The molecular weight excluding hydrogens is 389 g/mol. The van der Waals surface area contributed by atoms with Crippen LogP contribution in [0.3, 0.4) is 0 Å². The van der Waals surface area contributed by atoms with Crippen molar-refractivity contribution in [3.05, 3.63) is 57.8 Å². The largest absolute Gasteiger partial charge is 0.416 e. The van der Waals surface area contributed by atoms with Crippen molar-refractivity contribution in [1.82, 2.24) is 10.2 Å². The quantitative estimate of drug-likeness (QED) is 0.807. The number of alkyl halides is 3. The lowest BCUT2D eigenvalue weighted by Gasteiger charge is -2.32. The number of carbonyl (C=O) groups is 2. The van der Waals surface area contributed by atoms with Gasteiger partial charge < -0.3 is 10.2 Å². The molecule has 0 aliphatic carbocycles. The Morgan fingerprint density at radius 1 is 1.25 bits per heavy atom. The van der Waals surface area contributed by atoms with E-state index in [-0.39, 0.29) is 17.7 Å². The molecule has 1 N–H and O–H groups in total. The zero-order chi connectivity index (χ0) is 20.3. The van der Waals surface area contributed by atoms with Gasteiger partial charge in [-0.2, -0.15) is 13.2 Å². The molecule has 1 saturated heterocycles. The van der Waals surface area contributed by atoms with Crippen molar-refractivity contribution >= 4 is 23.2 Å². The number of piperidine rings is 1. The van der Waals surface area contributed by atoms with Crippen LogP contribution in [0.5, 0.6) is 0 Å². The van der Waals surface area contributed by atoms with Gasteiger partial charge in [0.1, 0.15) is 0 Å². The van der Waals surface area contributed by atoms with Crippen LogP contribution in [0, 0.1) is 5.92 Å². The number of nitrogens with one attached hydrogen (secondary N) is 1. The van der Waals surface area contributed by atoms with Crippen LogP contribution < -0.4 is 5.32 Å². The molecule has 0 unspecified atom stereocenters. The number of likely N-dealkylation sites (tertiary alicyclic amines) is 1. The second kappa shape index (κ2) is 8.34. The monoisotopic (exact) mass is 410 g/mol. The van der Waals surface area contributed by atoms with E-state index < -0.39 is 17.8 Å². The number of rotatable bonds is 4. The number of amides is 2. The minimum Gasteiger partial charge on any atom is -0.349 e. The summed E-state index contributed by atoms with van der Waals surface area (Å²) in [5.74, 6) is -0.696. The molecule has 1 fully saturated rings. The molecule has 1 aliphatic rings. The molecule has 1 aromatic heterocycles. The van der Waals surface area contributed by atoms with E-state index in [4.69, 9.17) is 0 Å². The molecule has 1 aliphatic heterocycles. The average molecular weight is 410 g/mol. The van der Waals surface area contributed by atoms with Gasteiger partial charge in [0, 0.05) is 13.1 Å². The van der Waals surface area contributed by atoms with Crippen molar-refractivity contribution in [2.24, 2.45) is 5.92 Å². The summed E-state index contributed by atoms with van der Waals surface area (Å²) in [7, 11) is 0. The molecule has 2 atom stereocenters. The fourth-order valence-corrected chi connectivity index (χ4v) is 4.02. The second-order valence-corrected chi connectivity index (χ2v) is 7.87. The molecule has 4 nitrogen and oxygen atoms in total. The number of hydrogen-bond donors (Lipinski definition) is 1. The molecule has 28 heavy (non-hydrogen) atoms. The fraction of sp³-hybridized carbons (Fsp3) is 0.400. The fourth-order valence-electron chi connectivity index (χ4n) is 3.33. The molecular formula is C20H21F3N2O2S. The normalized spacial score (nSPS) is 18.6. The van der Waals surface area contributed by atoms with Gasteiger partial charge in [0.05, 0.1) is 22.4 Å². The third kappa shape index (κ3) is 4.73. The highest BCUT2D eigenvalue weighted by Gasteiger charge is 2.32. The Hall–Kier alpha value is -2.35. The highest BCUT2D eigenvalue weighted by molar-refractivity contribution is 7.12. The van der Waals surface area contributed by atoms with Gasteiger partial charge in [-0.1, -0.05) is 18.2 Å². The van der Waals surface area contributed by atoms with E-state index in [1.807, 2.05) is 11.4 Å². The van der Waals surface area contributed by atoms with Crippen LogP contribution in [0.25, 0.3) is 0 Å². The van der Waals surface area contributed by atoms with Crippen LogP contribution in [-0.2, 0) is 11.0 Å². The first-order chi connectivity index (χ1) is 13.3. The van der Waals surface area contributed by atoms with Crippen molar-refractivity contribution in [2.45, 2.75) is 32.0 Å². The number of nitrogens with zero attached hydrogens (tertiary/aromatic N) is 1. The van der Waals surface area contributed by atoms with E-state index in [0.29, 0.717) is 36.4 Å². The van der Waals surface area contributed by atoms with Gasteiger partial charge in [0.25, 0.3) is 5.91 Å². The Bertz CT molecular complexity index is 836. The molecule has 3 rings (SSSR count). The van der Waals surface area contributed by atoms with Gasteiger partial charge in [-0.05, 0) is 48.9 Å². The Balaban J connectivity index is 1.63. The van der Waals surface area contributed by atoms with Crippen molar-refractivity contribution in [2.75, 3.05) is 13.1 Å². The first kappa shape index (κ1) is 20.4. The Morgan fingerprint density at radius 2 is 2.04 bits per heavy atom. The lowest BCUT2D eigenvalue weighted by Crippen LogP contribution is -2.45. The van der Waals surface area contributed by atoms with Gasteiger partial charge in [0.2, 0.25) is 5.91 Å². The Labute approximate surface area is 165 Å². The standard InChI is InChI=1S/C20H21F3N2O2S/c1-13(14-5-2-7-16(11-14)20(21,22)23)24-18(26)15-6-3-9-25(12-15)19(27)17-8-4-10-28-17/h2,4-5,7-8,10-11,13,15H,3,6,9,12H2,1H3,(H,24,26)/t13-,15-/m1/s1. The van der Waals surface area contributed by atoms with Crippen molar-refractivity contribution in [1.29, 1.82) is 0 Å². The summed E-state index contributed by atoms with van der Waals surface area (Å²) in [4.78, 5) is 27.5. The molecule has 2 heterocycles. The molecule has 2 aromatic rings. The number of benzene rings is 1.